The molecule has 0 aromatic carbocycles. The van der Waals surface area contributed by atoms with Gasteiger partial charge in [0.2, 0.25) is 0 Å². The van der Waals surface area contributed by atoms with E-state index in [1.165, 1.54) is 6.26 Å². The van der Waals surface area contributed by atoms with Crippen molar-refractivity contribution in [3.63, 3.8) is 0 Å². The van der Waals surface area contributed by atoms with Gasteiger partial charge in [-0.1, -0.05) is 0 Å². The predicted molar refractivity (Wildman–Crippen MR) is 132 cm³/mol. The number of Topliss-reactive ketones (excluding diaryl/α,β-unsaturated/α-hetero) is 1. The minimum absolute atomic E-state index is 0.0724. The molecular formula is C20H37N3O7S3. The number of nitrogens with one attached hydrogen (secondary N) is 3. The first-order valence-corrected chi connectivity index (χ1v) is 15.8. The molecule has 2 amide bonds. The number of rotatable bonds is 20. The van der Waals surface area contributed by atoms with E-state index in [-0.39, 0.29) is 23.9 Å². The molecule has 2 fully saturated rings. The van der Waals surface area contributed by atoms with Crippen LogP contribution in [0.1, 0.15) is 25.7 Å². The summed E-state index contributed by atoms with van der Waals surface area (Å²) in [5.41, 5.74) is 0. The lowest BCUT2D eigenvalue weighted by molar-refractivity contribution is -0.118. The van der Waals surface area contributed by atoms with Crippen LogP contribution in [-0.2, 0) is 27.9 Å². The van der Waals surface area contributed by atoms with Gasteiger partial charge in [0.05, 0.1) is 51.7 Å². The Bertz CT molecular complexity index is 696. The number of ketones is 1. The number of hydrogen-bond acceptors (Lipinski definition) is 10. The Balaban J connectivity index is 1.29. The fourth-order valence-electron chi connectivity index (χ4n) is 3.55. The summed E-state index contributed by atoms with van der Waals surface area (Å²) in [4.78, 5) is 23.4. The van der Waals surface area contributed by atoms with Gasteiger partial charge in [-0.15, -0.1) is 0 Å². The second-order valence-electron chi connectivity index (χ2n) is 7.95. The van der Waals surface area contributed by atoms with Crippen LogP contribution in [0, 0.1) is 0 Å². The zero-order chi connectivity index (χ0) is 23.9. The lowest BCUT2D eigenvalue weighted by atomic mass is 10.0. The molecule has 2 saturated heterocycles. The third kappa shape index (κ3) is 13.2. The zero-order valence-electron chi connectivity index (χ0n) is 19.2. The van der Waals surface area contributed by atoms with Crippen molar-refractivity contribution in [3.05, 3.63) is 0 Å². The number of ether oxygens (including phenoxy) is 3. The number of carbonyl (C=O) groups is 2. The van der Waals surface area contributed by atoms with Crippen LogP contribution in [0.25, 0.3) is 0 Å². The monoisotopic (exact) mass is 527 g/mol. The molecule has 2 unspecified atom stereocenters. The van der Waals surface area contributed by atoms with Crippen molar-refractivity contribution in [2.75, 3.05) is 70.5 Å². The normalized spacial score (nSPS) is 22.2. The number of carbonyl (C=O) groups excluding carboxylic acids is 2. The first-order valence-electron chi connectivity index (χ1n) is 11.3. The Morgan fingerprint density at radius 3 is 2.52 bits per heavy atom. The lowest BCUT2D eigenvalue weighted by Crippen LogP contribution is -2.36. The van der Waals surface area contributed by atoms with Gasteiger partial charge in [0.25, 0.3) is 0 Å². The summed E-state index contributed by atoms with van der Waals surface area (Å²) < 4.78 is 38.0. The van der Waals surface area contributed by atoms with Gasteiger partial charge in [0.1, 0.15) is 5.78 Å². The van der Waals surface area contributed by atoms with Crippen LogP contribution in [0.2, 0.25) is 0 Å². The van der Waals surface area contributed by atoms with Gasteiger partial charge < -0.3 is 30.2 Å². The number of amides is 2. The van der Waals surface area contributed by atoms with Gasteiger partial charge in [0.15, 0.2) is 8.87 Å². The minimum atomic E-state index is -3.00. The number of fused-ring (bicyclic) bond motifs is 1. The maximum absolute atomic E-state index is 12.0. The molecule has 0 radical (unpaired) electrons. The molecule has 0 aliphatic carbocycles. The molecule has 10 nitrogen and oxygen atoms in total. The molecule has 0 bridgehead atoms. The quantitative estimate of drug-likeness (QED) is 0.118. The Morgan fingerprint density at radius 2 is 1.79 bits per heavy atom. The second kappa shape index (κ2) is 16.2. The largest absolute Gasteiger partial charge is 0.379 e. The summed E-state index contributed by atoms with van der Waals surface area (Å²) in [5.74, 6) is 1.58. The Hall–Kier alpha value is -0.570. The highest BCUT2D eigenvalue weighted by Gasteiger charge is 2.42. The van der Waals surface area contributed by atoms with Crippen LogP contribution in [0.3, 0.4) is 0 Å². The molecule has 0 aromatic heterocycles. The average Bonchev–Trinajstić information content (AvgIpc) is 3.29. The van der Waals surface area contributed by atoms with E-state index in [1.54, 1.807) is 0 Å². The molecule has 3 N–H and O–H groups in total. The van der Waals surface area contributed by atoms with Gasteiger partial charge in [-0.25, -0.2) is 13.2 Å². The van der Waals surface area contributed by atoms with E-state index in [9.17, 15) is 18.0 Å². The average molecular weight is 528 g/mol. The van der Waals surface area contributed by atoms with Crippen molar-refractivity contribution in [2.45, 2.75) is 43.0 Å². The molecule has 192 valence electrons. The van der Waals surface area contributed by atoms with E-state index in [4.69, 9.17) is 14.2 Å². The van der Waals surface area contributed by atoms with Crippen LogP contribution in [0.15, 0.2) is 0 Å². The van der Waals surface area contributed by atoms with Crippen LogP contribution in [0.4, 0.5) is 4.79 Å². The molecular weight excluding hydrogens is 490 g/mol. The maximum atomic E-state index is 12.0. The van der Waals surface area contributed by atoms with Crippen LogP contribution in [-0.4, -0.2) is 108 Å². The van der Waals surface area contributed by atoms with Crippen molar-refractivity contribution in [1.82, 2.24) is 16.0 Å². The molecule has 0 spiro atoms. The molecule has 2 heterocycles. The van der Waals surface area contributed by atoms with E-state index in [0.717, 1.165) is 42.4 Å². The van der Waals surface area contributed by atoms with E-state index in [2.05, 4.69) is 16.0 Å². The van der Waals surface area contributed by atoms with Crippen molar-refractivity contribution in [1.29, 1.82) is 0 Å². The van der Waals surface area contributed by atoms with Crippen molar-refractivity contribution in [3.8, 4) is 0 Å². The predicted octanol–water partition coefficient (Wildman–Crippen LogP) is 0.614. The standard InChI is InChI=1S/C20H37N3O7S3/c1-33(26,27)32-13-12-30-11-10-29-9-8-28-7-3-6-21-14-16(24)4-2-5-18-19-17(15-31-18)22-20(25)23-19/h17-19,21H,2-15H2,1H3,(H2,22,23,25)/t17?,18-,19?/m0/s1. The zero-order valence-corrected chi connectivity index (χ0v) is 21.7. The fraction of sp³-hybridized carbons (Fsp3) is 0.900. The molecule has 2 rings (SSSR count). The maximum Gasteiger partial charge on any atom is 0.315 e. The smallest absolute Gasteiger partial charge is 0.315 e. The summed E-state index contributed by atoms with van der Waals surface area (Å²) in [5, 5.41) is 9.47. The van der Waals surface area contributed by atoms with Gasteiger partial charge in [-0.2, -0.15) is 11.8 Å². The van der Waals surface area contributed by atoms with E-state index >= 15 is 0 Å². The van der Waals surface area contributed by atoms with Gasteiger partial charge in [0, 0.05) is 36.0 Å². The summed E-state index contributed by atoms with van der Waals surface area (Å²) in [7, 11) is -2.12. The van der Waals surface area contributed by atoms with Crippen LogP contribution in [0.5, 0.6) is 0 Å². The van der Waals surface area contributed by atoms with Gasteiger partial charge in [-0.05, 0) is 36.6 Å². The summed E-state index contributed by atoms with van der Waals surface area (Å²) in [6.07, 6.45) is 4.37. The Kier molecular flexibility index (Phi) is 14.0. The summed E-state index contributed by atoms with van der Waals surface area (Å²) in [6.45, 7) is 3.95. The van der Waals surface area contributed by atoms with Crippen LogP contribution < -0.4 is 16.0 Å². The highest BCUT2D eigenvalue weighted by Crippen LogP contribution is 2.33. The van der Waals surface area contributed by atoms with E-state index in [1.807, 2.05) is 11.8 Å². The van der Waals surface area contributed by atoms with Crippen molar-refractivity contribution in [2.24, 2.45) is 0 Å². The van der Waals surface area contributed by atoms with E-state index in [0.29, 0.717) is 63.6 Å². The van der Waals surface area contributed by atoms with Crippen molar-refractivity contribution < 1.29 is 32.2 Å². The number of urea groups is 1. The highest BCUT2D eigenvalue weighted by atomic mass is 33.1. The molecule has 33 heavy (non-hydrogen) atoms. The first-order chi connectivity index (χ1) is 15.8. The first kappa shape index (κ1) is 28.7. The Labute approximate surface area is 204 Å². The molecule has 2 aliphatic heterocycles. The number of hydrogen-bond donors (Lipinski definition) is 3. The molecule has 0 saturated carbocycles. The third-order valence-electron chi connectivity index (χ3n) is 5.12. The lowest BCUT2D eigenvalue weighted by Gasteiger charge is -2.16. The van der Waals surface area contributed by atoms with Gasteiger partial charge >= 0.3 is 6.03 Å². The summed E-state index contributed by atoms with van der Waals surface area (Å²) in [6, 6.07) is 0.362. The third-order valence-corrected chi connectivity index (χ3v) is 9.17. The molecule has 3 atom stereocenters. The van der Waals surface area contributed by atoms with Crippen molar-refractivity contribution >= 4 is 43.2 Å². The second-order valence-corrected chi connectivity index (χ2v) is 13.8. The SMILES string of the molecule is CS(=O)(=O)SCCOCCOCCOCCCNCC(=O)CCC[C@@H]1SCC2NC(=O)NC21. The minimum Gasteiger partial charge on any atom is -0.379 e. The van der Waals surface area contributed by atoms with E-state index < -0.39 is 8.87 Å². The fourth-order valence-corrected chi connectivity index (χ4v) is 6.69. The topological polar surface area (TPSA) is 132 Å². The van der Waals surface area contributed by atoms with Crippen LogP contribution >= 0.6 is 22.6 Å². The molecule has 13 heteroatoms. The number of thioether (sulfide) groups is 1. The molecule has 2 aliphatic rings. The molecule has 0 aromatic rings. The summed E-state index contributed by atoms with van der Waals surface area (Å²) >= 11 is 1.88. The highest BCUT2D eigenvalue weighted by molar-refractivity contribution is 8.71. The Morgan fingerprint density at radius 1 is 1.09 bits per heavy atom. The van der Waals surface area contributed by atoms with Gasteiger partial charge in [-0.3, -0.25) is 4.79 Å².